The summed E-state index contributed by atoms with van der Waals surface area (Å²) in [6.07, 6.45) is 2.89. The van der Waals surface area contributed by atoms with E-state index in [0.717, 1.165) is 5.56 Å². The molecule has 2 rings (SSSR count). The van der Waals surface area contributed by atoms with Gasteiger partial charge in [0.25, 0.3) is 0 Å². The largest absolute Gasteiger partial charge is 0.476 e. The average Bonchev–Trinajstić information content (AvgIpc) is 2.94. The highest BCUT2D eigenvalue weighted by atomic mass is 16.4. The fourth-order valence-electron chi connectivity index (χ4n) is 2.92. The zero-order chi connectivity index (χ0) is 17.0. The minimum atomic E-state index is -0.993. The predicted molar refractivity (Wildman–Crippen MR) is 91.8 cm³/mol. The fraction of sp³-hybridized carbons (Fsp3) is 0.474. The lowest BCUT2D eigenvalue weighted by Gasteiger charge is -2.23. The van der Waals surface area contributed by atoms with E-state index in [4.69, 9.17) is 5.11 Å². The van der Waals surface area contributed by atoms with Crippen molar-refractivity contribution in [3.05, 3.63) is 53.3 Å². The third-order valence-corrected chi connectivity index (χ3v) is 4.14. The molecule has 2 aromatic rings. The molecule has 0 amide bonds. The normalized spacial score (nSPS) is 12.8. The maximum Gasteiger partial charge on any atom is 0.356 e. The van der Waals surface area contributed by atoms with E-state index in [1.807, 2.05) is 0 Å². The van der Waals surface area contributed by atoms with Crippen molar-refractivity contribution in [1.82, 2.24) is 9.78 Å². The second-order valence-corrected chi connectivity index (χ2v) is 6.93. The molecule has 0 fully saturated rings. The number of aromatic nitrogens is 2. The van der Waals surface area contributed by atoms with Gasteiger partial charge in [0.15, 0.2) is 5.69 Å². The molecule has 124 valence electrons. The minimum Gasteiger partial charge on any atom is -0.476 e. The van der Waals surface area contributed by atoms with Gasteiger partial charge in [-0.15, -0.1) is 0 Å². The number of rotatable bonds is 7. The van der Waals surface area contributed by atoms with Crippen LogP contribution in [0.3, 0.4) is 0 Å². The van der Waals surface area contributed by atoms with E-state index >= 15 is 0 Å². The molecule has 0 aliphatic carbocycles. The highest BCUT2D eigenvalue weighted by molar-refractivity contribution is 5.85. The molecule has 1 aromatic carbocycles. The van der Waals surface area contributed by atoms with Crippen LogP contribution in [0.25, 0.3) is 0 Å². The Labute approximate surface area is 138 Å². The molecule has 23 heavy (non-hydrogen) atoms. The van der Waals surface area contributed by atoms with E-state index in [-0.39, 0.29) is 5.69 Å². The van der Waals surface area contributed by atoms with Gasteiger partial charge in [-0.05, 0) is 41.4 Å². The molecule has 4 heteroatoms. The first-order chi connectivity index (χ1) is 10.9. The van der Waals surface area contributed by atoms with E-state index in [0.29, 0.717) is 24.3 Å². The van der Waals surface area contributed by atoms with Crippen molar-refractivity contribution in [3.8, 4) is 0 Å². The van der Waals surface area contributed by atoms with Crippen LogP contribution in [0.1, 0.15) is 61.6 Å². The topological polar surface area (TPSA) is 55.1 Å². The van der Waals surface area contributed by atoms with Crippen LogP contribution < -0.4 is 0 Å². The van der Waals surface area contributed by atoms with Gasteiger partial charge in [-0.25, -0.2) is 4.79 Å². The number of hydrogen-bond acceptors (Lipinski definition) is 2. The summed E-state index contributed by atoms with van der Waals surface area (Å²) < 4.78 is 1.66. The summed E-state index contributed by atoms with van der Waals surface area (Å²) in [5.41, 5.74) is 2.59. The number of nitrogens with zero attached hydrogens (tertiary/aromatic N) is 2. The third-order valence-electron chi connectivity index (χ3n) is 4.14. The summed E-state index contributed by atoms with van der Waals surface area (Å²) >= 11 is 0. The molecular formula is C19H26N2O2. The number of carbonyl (C=O) groups is 1. The van der Waals surface area contributed by atoms with Gasteiger partial charge in [0.1, 0.15) is 0 Å². The zero-order valence-corrected chi connectivity index (χ0v) is 14.4. The molecular weight excluding hydrogens is 288 g/mol. The van der Waals surface area contributed by atoms with Crippen molar-refractivity contribution in [1.29, 1.82) is 0 Å². The summed E-state index contributed by atoms with van der Waals surface area (Å²) in [6, 6.07) is 10.2. The van der Waals surface area contributed by atoms with Crippen molar-refractivity contribution in [2.75, 3.05) is 0 Å². The molecule has 0 radical (unpaired) electrons. The molecule has 1 atom stereocenters. The maximum atomic E-state index is 10.9. The number of carboxylic acid groups (broad SMARTS) is 1. The van der Waals surface area contributed by atoms with Crippen LogP contribution in [0.5, 0.6) is 0 Å². The minimum absolute atomic E-state index is 0.0819. The fourth-order valence-corrected chi connectivity index (χ4v) is 2.92. The molecule has 1 unspecified atom stereocenters. The van der Waals surface area contributed by atoms with Gasteiger partial charge in [0.05, 0.1) is 6.54 Å². The highest BCUT2D eigenvalue weighted by Gasteiger charge is 2.17. The van der Waals surface area contributed by atoms with Gasteiger partial charge in [0.2, 0.25) is 0 Å². The summed E-state index contributed by atoms with van der Waals surface area (Å²) in [7, 11) is 0. The SMILES string of the molecule is CC(C)CC(c1ccc(Cn2ccc(C(=O)O)n2)cc1)C(C)C. The number of aromatic carboxylic acids is 1. The Bertz CT molecular complexity index is 642. The molecule has 1 heterocycles. The van der Waals surface area contributed by atoms with E-state index in [2.05, 4.69) is 57.1 Å². The lowest BCUT2D eigenvalue weighted by Crippen LogP contribution is -2.10. The lowest BCUT2D eigenvalue weighted by molar-refractivity contribution is 0.0689. The number of carboxylic acids is 1. The maximum absolute atomic E-state index is 10.9. The second kappa shape index (κ2) is 7.44. The summed E-state index contributed by atoms with van der Waals surface area (Å²) in [4.78, 5) is 10.9. The van der Waals surface area contributed by atoms with Gasteiger partial charge < -0.3 is 5.11 Å². The molecule has 1 N–H and O–H groups in total. The Hall–Kier alpha value is -2.10. The monoisotopic (exact) mass is 314 g/mol. The summed E-state index contributed by atoms with van der Waals surface area (Å²) in [5, 5.41) is 13.0. The van der Waals surface area contributed by atoms with Crippen LogP contribution in [0.2, 0.25) is 0 Å². The molecule has 1 aromatic heterocycles. The van der Waals surface area contributed by atoms with Crippen LogP contribution >= 0.6 is 0 Å². The highest BCUT2D eigenvalue weighted by Crippen LogP contribution is 2.31. The summed E-state index contributed by atoms with van der Waals surface area (Å²) in [6.45, 7) is 9.67. The smallest absolute Gasteiger partial charge is 0.356 e. The molecule has 0 aliphatic rings. The van der Waals surface area contributed by atoms with E-state index in [1.54, 1.807) is 10.9 Å². The van der Waals surface area contributed by atoms with Crippen molar-refractivity contribution in [2.45, 2.75) is 46.6 Å². The molecule has 0 saturated carbocycles. The Morgan fingerprint density at radius 2 is 1.78 bits per heavy atom. The predicted octanol–water partition coefficient (Wildman–Crippen LogP) is 4.42. The van der Waals surface area contributed by atoms with E-state index < -0.39 is 5.97 Å². The van der Waals surface area contributed by atoms with Gasteiger partial charge in [-0.1, -0.05) is 52.0 Å². The molecule has 4 nitrogen and oxygen atoms in total. The summed E-state index contributed by atoms with van der Waals surface area (Å²) in [5.74, 6) is 0.882. The van der Waals surface area contributed by atoms with Crippen LogP contribution in [-0.4, -0.2) is 20.9 Å². The first-order valence-electron chi connectivity index (χ1n) is 8.22. The van der Waals surface area contributed by atoms with Gasteiger partial charge in [-0.3, -0.25) is 4.68 Å². The molecule has 0 spiro atoms. The Balaban J connectivity index is 2.09. The van der Waals surface area contributed by atoms with Crippen molar-refractivity contribution in [2.24, 2.45) is 11.8 Å². The average molecular weight is 314 g/mol. The zero-order valence-electron chi connectivity index (χ0n) is 14.4. The third kappa shape index (κ3) is 4.68. The van der Waals surface area contributed by atoms with Gasteiger partial charge in [-0.2, -0.15) is 5.10 Å². The van der Waals surface area contributed by atoms with E-state index in [9.17, 15) is 4.79 Å². The van der Waals surface area contributed by atoms with Crippen LogP contribution in [0.4, 0.5) is 0 Å². The number of benzene rings is 1. The standard InChI is InChI=1S/C19H26N2O2/c1-13(2)11-17(14(3)4)16-7-5-15(6-8-16)12-21-10-9-18(20-21)19(22)23/h5-10,13-14,17H,11-12H2,1-4H3,(H,22,23). The molecule has 0 saturated heterocycles. The first kappa shape index (κ1) is 17.3. The van der Waals surface area contributed by atoms with Gasteiger partial charge in [0, 0.05) is 6.20 Å². The number of hydrogen-bond donors (Lipinski definition) is 1. The van der Waals surface area contributed by atoms with E-state index in [1.165, 1.54) is 18.1 Å². The second-order valence-electron chi connectivity index (χ2n) is 6.93. The molecule has 0 bridgehead atoms. The molecule has 0 aliphatic heterocycles. The van der Waals surface area contributed by atoms with Crippen molar-refractivity contribution >= 4 is 5.97 Å². The van der Waals surface area contributed by atoms with Crippen LogP contribution in [-0.2, 0) is 6.54 Å². The van der Waals surface area contributed by atoms with Gasteiger partial charge >= 0.3 is 5.97 Å². The first-order valence-corrected chi connectivity index (χ1v) is 8.22. The van der Waals surface area contributed by atoms with Crippen molar-refractivity contribution < 1.29 is 9.90 Å². The Kier molecular flexibility index (Phi) is 5.59. The van der Waals surface area contributed by atoms with Crippen LogP contribution in [0, 0.1) is 11.8 Å². The quantitative estimate of drug-likeness (QED) is 0.823. The van der Waals surface area contributed by atoms with Crippen molar-refractivity contribution in [3.63, 3.8) is 0 Å². The Morgan fingerprint density at radius 3 is 2.26 bits per heavy atom. The Morgan fingerprint density at radius 1 is 1.13 bits per heavy atom. The van der Waals surface area contributed by atoms with Crippen LogP contribution in [0.15, 0.2) is 36.5 Å². The lowest BCUT2D eigenvalue weighted by atomic mass is 9.82.